The largest absolute Gasteiger partial charge is 0.378 e. The number of anilines is 1. The molecule has 0 saturated heterocycles. The molecule has 0 aliphatic heterocycles. The zero-order valence-electron chi connectivity index (χ0n) is 14.5. The molecule has 1 aromatic rings. The van der Waals surface area contributed by atoms with E-state index in [1.807, 2.05) is 13.1 Å². The maximum Gasteiger partial charge on any atom is 0.193 e. The van der Waals surface area contributed by atoms with Gasteiger partial charge in [0.1, 0.15) is 0 Å². The van der Waals surface area contributed by atoms with Crippen LogP contribution >= 0.6 is 0 Å². The van der Waals surface area contributed by atoms with E-state index in [2.05, 4.69) is 72.1 Å². The molecule has 0 aromatic heterocycles. The number of guanidine groups is 1. The maximum absolute atomic E-state index is 4.33. The molecule has 1 aromatic carbocycles. The highest BCUT2D eigenvalue weighted by Gasteiger charge is 2.04. The van der Waals surface area contributed by atoms with Crippen LogP contribution in [0.4, 0.5) is 5.69 Å². The fourth-order valence-corrected chi connectivity index (χ4v) is 2.24. The molecule has 4 nitrogen and oxygen atoms in total. The first kappa shape index (κ1) is 18.1. The molecule has 0 spiro atoms. The molecule has 1 rings (SSSR count). The van der Waals surface area contributed by atoms with Crippen LogP contribution in [0.15, 0.2) is 41.9 Å². The number of unbranched alkanes of at least 4 members (excludes halogenated alkanes) is 1. The van der Waals surface area contributed by atoms with E-state index in [4.69, 9.17) is 0 Å². The maximum atomic E-state index is 4.33. The van der Waals surface area contributed by atoms with Gasteiger partial charge < -0.3 is 15.1 Å². The first-order chi connectivity index (χ1) is 10.6. The van der Waals surface area contributed by atoms with Gasteiger partial charge in [-0.2, -0.15) is 0 Å². The van der Waals surface area contributed by atoms with Crippen molar-refractivity contribution in [1.82, 2.24) is 10.2 Å². The topological polar surface area (TPSA) is 30.9 Å². The first-order valence-electron chi connectivity index (χ1n) is 7.87. The second-order valence-electron chi connectivity index (χ2n) is 5.64. The van der Waals surface area contributed by atoms with Crippen LogP contribution in [-0.4, -0.2) is 52.1 Å². The fourth-order valence-electron chi connectivity index (χ4n) is 2.24. The molecule has 1 N–H and O–H groups in total. The number of hydrogen-bond acceptors (Lipinski definition) is 2. The highest BCUT2D eigenvalue weighted by Crippen LogP contribution is 2.12. The average Bonchev–Trinajstić information content (AvgIpc) is 2.52. The van der Waals surface area contributed by atoms with Crippen LogP contribution in [0.2, 0.25) is 0 Å². The van der Waals surface area contributed by atoms with Crippen LogP contribution in [0.25, 0.3) is 0 Å². The van der Waals surface area contributed by atoms with Crippen molar-refractivity contribution < 1.29 is 0 Å². The van der Waals surface area contributed by atoms with Crippen molar-refractivity contribution in [2.24, 2.45) is 4.99 Å². The Hall–Kier alpha value is -1.97. The van der Waals surface area contributed by atoms with Crippen molar-refractivity contribution in [2.45, 2.75) is 19.3 Å². The number of aliphatic imine (C=N–C) groups is 1. The minimum absolute atomic E-state index is 0.889. The van der Waals surface area contributed by atoms with Gasteiger partial charge in [-0.1, -0.05) is 18.2 Å². The van der Waals surface area contributed by atoms with Crippen molar-refractivity contribution in [3.8, 4) is 0 Å². The summed E-state index contributed by atoms with van der Waals surface area (Å²) >= 11 is 0. The predicted octanol–water partition coefficient (Wildman–Crippen LogP) is 2.77. The standard InChI is InChI=1S/C18H30N4/c1-6-7-8-15-22(5)18(19-2)20-14-13-16-9-11-17(12-10-16)21(3)4/h6,9-12H,1,7-8,13-15H2,2-5H3,(H,19,20). The van der Waals surface area contributed by atoms with E-state index < -0.39 is 0 Å². The summed E-state index contributed by atoms with van der Waals surface area (Å²) in [6.45, 7) is 5.63. The molecule has 0 aliphatic carbocycles. The summed E-state index contributed by atoms with van der Waals surface area (Å²) in [7, 11) is 8.02. The van der Waals surface area contributed by atoms with E-state index in [0.29, 0.717) is 0 Å². The summed E-state index contributed by atoms with van der Waals surface area (Å²) in [5.74, 6) is 0.953. The molecule has 0 unspecified atom stereocenters. The number of allylic oxidation sites excluding steroid dienone is 1. The van der Waals surface area contributed by atoms with Gasteiger partial charge in [-0.3, -0.25) is 4.99 Å². The minimum Gasteiger partial charge on any atom is -0.378 e. The third-order valence-corrected chi connectivity index (χ3v) is 3.62. The summed E-state index contributed by atoms with van der Waals surface area (Å²) < 4.78 is 0. The molecule has 0 amide bonds. The third-order valence-electron chi connectivity index (χ3n) is 3.62. The number of hydrogen-bond donors (Lipinski definition) is 1. The van der Waals surface area contributed by atoms with Crippen molar-refractivity contribution in [2.75, 3.05) is 46.2 Å². The summed E-state index contributed by atoms with van der Waals surface area (Å²) in [6, 6.07) is 8.69. The number of nitrogens with one attached hydrogen (secondary N) is 1. The van der Waals surface area contributed by atoms with Crippen molar-refractivity contribution in [3.05, 3.63) is 42.5 Å². The Labute approximate surface area is 135 Å². The lowest BCUT2D eigenvalue weighted by molar-refractivity contribution is 0.470. The Morgan fingerprint density at radius 1 is 1.23 bits per heavy atom. The van der Waals surface area contributed by atoms with E-state index in [1.54, 1.807) is 0 Å². The van der Waals surface area contributed by atoms with Gasteiger partial charge in [-0.25, -0.2) is 0 Å². The Morgan fingerprint density at radius 2 is 1.91 bits per heavy atom. The Morgan fingerprint density at radius 3 is 2.45 bits per heavy atom. The average molecular weight is 302 g/mol. The lowest BCUT2D eigenvalue weighted by Crippen LogP contribution is -2.40. The number of rotatable bonds is 8. The first-order valence-corrected chi connectivity index (χ1v) is 7.87. The number of benzene rings is 1. The zero-order valence-corrected chi connectivity index (χ0v) is 14.5. The molecule has 4 heteroatoms. The van der Waals surface area contributed by atoms with Gasteiger partial charge in [0.15, 0.2) is 5.96 Å². The third kappa shape index (κ3) is 6.20. The smallest absolute Gasteiger partial charge is 0.193 e. The molecule has 0 fully saturated rings. The van der Waals surface area contributed by atoms with Crippen molar-refractivity contribution in [1.29, 1.82) is 0 Å². The molecule has 122 valence electrons. The molecule has 22 heavy (non-hydrogen) atoms. The van der Waals surface area contributed by atoms with E-state index in [9.17, 15) is 0 Å². The predicted molar refractivity (Wildman–Crippen MR) is 97.9 cm³/mol. The summed E-state index contributed by atoms with van der Waals surface area (Å²) in [4.78, 5) is 8.61. The molecule has 0 atom stereocenters. The highest BCUT2D eigenvalue weighted by molar-refractivity contribution is 5.79. The van der Waals surface area contributed by atoms with Gasteiger partial charge in [0.25, 0.3) is 0 Å². The van der Waals surface area contributed by atoms with Crippen molar-refractivity contribution >= 4 is 11.6 Å². The van der Waals surface area contributed by atoms with Gasteiger partial charge in [0.2, 0.25) is 0 Å². The van der Waals surface area contributed by atoms with Crippen molar-refractivity contribution in [3.63, 3.8) is 0 Å². The molecular formula is C18H30N4. The lowest BCUT2D eigenvalue weighted by atomic mass is 10.1. The molecule has 0 radical (unpaired) electrons. The van der Waals surface area contributed by atoms with Crippen LogP contribution in [-0.2, 0) is 6.42 Å². The van der Waals surface area contributed by atoms with Crippen LogP contribution in [0, 0.1) is 0 Å². The summed E-state index contributed by atoms with van der Waals surface area (Å²) in [5.41, 5.74) is 2.57. The van der Waals surface area contributed by atoms with Gasteiger partial charge in [0.05, 0.1) is 0 Å². The Bertz CT molecular complexity index is 462. The molecule has 0 aliphatic rings. The normalized spacial score (nSPS) is 11.2. The van der Waals surface area contributed by atoms with Gasteiger partial charge in [-0.15, -0.1) is 6.58 Å². The Balaban J connectivity index is 2.39. The van der Waals surface area contributed by atoms with E-state index >= 15 is 0 Å². The van der Waals surface area contributed by atoms with Gasteiger partial charge in [0, 0.05) is 47.0 Å². The van der Waals surface area contributed by atoms with E-state index in [-0.39, 0.29) is 0 Å². The molecule has 0 saturated carbocycles. The molecule has 0 heterocycles. The molecular weight excluding hydrogens is 272 g/mol. The second kappa shape index (κ2) is 9.87. The van der Waals surface area contributed by atoms with E-state index in [0.717, 1.165) is 38.3 Å². The highest BCUT2D eigenvalue weighted by atomic mass is 15.3. The van der Waals surface area contributed by atoms with Crippen LogP contribution in [0.5, 0.6) is 0 Å². The fraction of sp³-hybridized carbons (Fsp3) is 0.500. The second-order valence-corrected chi connectivity index (χ2v) is 5.64. The Kier molecular flexibility index (Phi) is 8.11. The summed E-state index contributed by atoms with van der Waals surface area (Å²) in [6.07, 6.45) is 5.10. The summed E-state index contributed by atoms with van der Waals surface area (Å²) in [5, 5.41) is 3.42. The number of nitrogens with zero attached hydrogens (tertiary/aromatic N) is 3. The lowest BCUT2D eigenvalue weighted by Gasteiger charge is -2.22. The van der Waals surface area contributed by atoms with Gasteiger partial charge >= 0.3 is 0 Å². The zero-order chi connectivity index (χ0) is 16.4. The van der Waals surface area contributed by atoms with E-state index in [1.165, 1.54) is 11.3 Å². The monoisotopic (exact) mass is 302 g/mol. The van der Waals surface area contributed by atoms with Crippen LogP contribution in [0.1, 0.15) is 18.4 Å². The van der Waals surface area contributed by atoms with Crippen LogP contribution in [0.3, 0.4) is 0 Å². The van der Waals surface area contributed by atoms with Crippen LogP contribution < -0.4 is 10.2 Å². The SMILES string of the molecule is C=CCCCN(C)C(=NC)NCCc1ccc(N(C)C)cc1. The minimum atomic E-state index is 0.889. The van der Waals surface area contributed by atoms with Gasteiger partial charge in [-0.05, 0) is 37.0 Å². The quantitative estimate of drug-likeness (QED) is 0.347. The molecule has 0 bridgehead atoms.